The molecule has 0 bridgehead atoms. The van der Waals surface area contributed by atoms with Gasteiger partial charge in [0.05, 0.1) is 4.92 Å². The zero-order valence-electron chi connectivity index (χ0n) is 12.5. The summed E-state index contributed by atoms with van der Waals surface area (Å²) in [5, 5.41) is 10.8. The van der Waals surface area contributed by atoms with Crippen molar-refractivity contribution in [3.63, 3.8) is 0 Å². The van der Waals surface area contributed by atoms with Gasteiger partial charge in [-0.25, -0.2) is 4.98 Å². The average Bonchev–Trinajstić information content (AvgIpc) is 2.41. The molecule has 0 aliphatic heterocycles. The van der Waals surface area contributed by atoms with Crippen LogP contribution in [-0.2, 0) is 0 Å². The van der Waals surface area contributed by atoms with Gasteiger partial charge in [-0.2, -0.15) is 0 Å². The summed E-state index contributed by atoms with van der Waals surface area (Å²) in [5.41, 5.74) is -0.435. The quantitative estimate of drug-likeness (QED) is 0.333. The first-order valence-electron chi connectivity index (χ1n) is 7.00. The maximum atomic E-state index is 12.6. The second-order valence-corrected chi connectivity index (χ2v) is 5.41. The second kappa shape index (κ2) is 7.93. The summed E-state index contributed by atoms with van der Waals surface area (Å²) >= 11 is 5.76. The van der Waals surface area contributed by atoms with Crippen molar-refractivity contribution < 1.29 is 9.72 Å². The molecule has 0 saturated carbocycles. The van der Waals surface area contributed by atoms with E-state index in [-0.39, 0.29) is 22.7 Å². The third-order valence-electron chi connectivity index (χ3n) is 3.18. The van der Waals surface area contributed by atoms with Gasteiger partial charge < -0.3 is 4.90 Å². The Morgan fingerprint density at radius 2 is 2.14 bits per heavy atom. The van der Waals surface area contributed by atoms with Gasteiger partial charge in [-0.3, -0.25) is 14.9 Å². The van der Waals surface area contributed by atoms with Crippen LogP contribution in [0, 0.1) is 10.1 Å². The highest BCUT2D eigenvalue weighted by molar-refractivity contribution is 6.32. The van der Waals surface area contributed by atoms with Gasteiger partial charge in [0.15, 0.2) is 0 Å². The molecule has 116 valence electrons. The van der Waals surface area contributed by atoms with Crippen LogP contribution in [0.1, 0.15) is 50.4 Å². The van der Waals surface area contributed by atoms with Gasteiger partial charge in [0.1, 0.15) is 5.56 Å². The van der Waals surface area contributed by atoms with E-state index in [0.29, 0.717) is 6.54 Å². The molecule has 0 aliphatic carbocycles. The number of carbonyl (C=O) groups is 1. The number of hydrogen-bond acceptors (Lipinski definition) is 4. The van der Waals surface area contributed by atoms with Crippen molar-refractivity contribution in [2.24, 2.45) is 0 Å². The number of hydrogen-bond donors (Lipinski definition) is 0. The normalized spacial score (nSPS) is 10.7. The highest BCUT2D eigenvalue weighted by Gasteiger charge is 2.29. The van der Waals surface area contributed by atoms with Crippen molar-refractivity contribution in [1.82, 2.24) is 9.88 Å². The summed E-state index contributed by atoms with van der Waals surface area (Å²) in [5.74, 6) is -0.378. The number of carbonyl (C=O) groups excluding carboxylic acids is 1. The van der Waals surface area contributed by atoms with Crippen LogP contribution in [0.4, 0.5) is 5.69 Å². The number of rotatable bonds is 7. The summed E-state index contributed by atoms with van der Waals surface area (Å²) in [7, 11) is 0. The third-order valence-corrected chi connectivity index (χ3v) is 3.46. The van der Waals surface area contributed by atoms with Crippen LogP contribution < -0.4 is 0 Å². The summed E-state index contributed by atoms with van der Waals surface area (Å²) in [6.07, 6.45) is 4.23. The molecule has 0 saturated heterocycles. The summed E-state index contributed by atoms with van der Waals surface area (Å²) in [4.78, 5) is 28.4. The molecular weight excluding hydrogens is 294 g/mol. The lowest BCUT2D eigenvalue weighted by Gasteiger charge is -2.26. The Morgan fingerprint density at radius 1 is 1.48 bits per heavy atom. The molecule has 0 spiro atoms. The van der Waals surface area contributed by atoms with Crippen molar-refractivity contribution in [2.45, 2.75) is 46.1 Å². The molecule has 0 atom stereocenters. The fraction of sp³-hybridized carbons (Fsp3) is 0.571. The van der Waals surface area contributed by atoms with Crippen LogP contribution in [0.5, 0.6) is 0 Å². The van der Waals surface area contributed by atoms with Gasteiger partial charge in [-0.1, -0.05) is 31.4 Å². The van der Waals surface area contributed by atoms with Crippen molar-refractivity contribution in [2.75, 3.05) is 6.54 Å². The number of aromatic nitrogens is 1. The number of nitrogens with zero attached hydrogens (tertiary/aromatic N) is 3. The Labute approximate surface area is 129 Å². The number of unbranched alkanes of at least 4 members (excludes halogenated alkanes) is 2. The van der Waals surface area contributed by atoms with Gasteiger partial charge >= 0.3 is 5.69 Å². The van der Waals surface area contributed by atoms with E-state index in [4.69, 9.17) is 11.6 Å². The van der Waals surface area contributed by atoms with E-state index in [1.807, 2.05) is 13.8 Å². The zero-order valence-corrected chi connectivity index (χ0v) is 13.3. The van der Waals surface area contributed by atoms with Gasteiger partial charge in [0.2, 0.25) is 5.15 Å². The maximum Gasteiger partial charge on any atom is 0.319 e. The third kappa shape index (κ3) is 4.39. The average molecular weight is 314 g/mol. The predicted octanol–water partition coefficient (Wildman–Crippen LogP) is 3.68. The Hall–Kier alpha value is -1.69. The molecule has 1 aromatic rings. The number of pyridine rings is 1. The van der Waals surface area contributed by atoms with Crippen molar-refractivity contribution in [1.29, 1.82) is 0 Å². The molecule has 1 rings (SSSR count). The Kier molecular flexibility index (Phi) is 6.55. The molecule has 0 radical (unpaired) electrons. The molecular formula is C14H20ClN3O3. The van der Waals surface area contributed by atoms with Crippen LogP contribution in [0.15, 0.2) is 12.3 Å². The first-order valence-corrected chi connectivity index (χ1v) is 7.37. The Morgan fingerprint density at radius 3 is 2.67 bits per heavy atom. The second-order valence-electron chi connectivity index (χ2n) is 5.05. The molecule has 1 aromatic heterocycles. The van der Waals surface area contributed by atoms with E-state index in [1.54, 1.807) is 4.90 Å². The molecule has 1 heterocycles. The van der Waals surface area contributed by atoms with Gasteiger partial charge in [-0.05, 0) is 26.3 Å². The van der Waals surface area contributed by atoms with E-state index in [9.17, 15) is 14.9 Å². The van der Waals surface area contributed by atoms with Gasteiger partial charge in [0, 0.05) is 18.8 Å². The minimum Gasteiger partial charge on any atom is -0.336 e. The van der Waals surface area contributed by atoms with E-state index in [1.165, 1.54) is 12.3 Å². The van der Waals surface area contributed by atoms with Gasteiger partial charge in [-0.15, -0.1) is 0 Å². The fourth-order valence-electron chi connectivity index (χ4n) is 2.06. The topological polar surface area (TPSA) is 76.3 Å². The Bertz CT molecular complexity index is 520. The lowest BCUT2D eigenvalue weighted by molar-refractivity contribution is -0.385. The van der Waals surface area contributed by atoms with Crippen LogP contribution in [0.2, 0.25) is 5.15 Å². The lowest BCUT2D eigenvalue weighted by atomic mass is 10.1. The van der Waals surface area contributed by atoms with Crippen LogP contribution >= 0.6 is 11.6 Å². The van der Waals surface area contributed by atoms with E-state index in [0.717, 1.165) is 19.3 Å². The van der Waals surface area contributed by atoms with Crippen LogP contribution in [0.3, 0.4) is 0 Å². The number of amides is 1. The molecule has 7 heteroatoms. The summed E-state index contributed by atoms with van der Waals surface area (Å²) < 4.78 is 0. The zero-order chi connectivity index (χ0) is 16.0. The molecule has 6 nitrogen and oxygen atoms in total. The minimum absolute atomic E-state index is 0.00908. The molecule has 0 unspecified atom stereocenters. The standard InChI is InChI=1S/C14H20ClN3O3/c1-4-5-6-9-17(10(2)3)14(19)11-7-8-16-13(15)12(11)18(20)21/h7-8,10H,4-6,9H2,1-3H3. The van der Waals surface area contributed by atoms with E-state index < -0.39 is 10.6 Å². The van der Waals surface area contributed by atoms with Crippen LogP contribution in [0.25, 0.3) is 0 Å². The smallest absolute Gasteiger partial charge is 0.319 e. The Balaban J connectivity index is 3.09. The van der Waals surface area contributed by atoms with E-state index in [2.05, 4.69) is 11.9 Å². The highest BCUT2D eigenvalue weighted by Crippen LogP contribution is 2.27. The predicted molar refractivity (Wildman–Crippen MR) is 81.6 cm³/mol. The fourth-order valence-corrected chi connectivity index (χ4v) is 2.28. The largest absolute Gasteiger partial charge is 0.336 e. The highest BCUT2D eigenvalue weighted by atomic mass is 35.5. The summed E-state index contributed by atoms with van der Waals surface area (Å²) in [6.45, 7) is 6.42. The van der Waals surface area contributed by atoms with Gasteiger partial charge in [0.25, 0.3) is 5.91 Å². The summed E-state index contributed by atoms with van der Waals surface area (Å²) in [6, 6.07) is 1.31. The molecule has 0 aliphatic rings. The van der Waals surface area contributed by atoms with Crippen molar-refractivity contribution in [3.8, 4) is 0 Å². The number of nitro groups is 1. The first kappa shape index (κ1) is 17.4. The first-order chi connectivity index (χ1) is 9.90. The lowest BCUT2D eigenvalue weighted by Crippen LogP contribution is -2.38. The molecule has 0 aromatic carbocycles. The van der Waals surface area contributed by atoms with Crippen LogP contribution in [-0.4, -0.2) is 33.3 Å². The molecule has 1 amide bonds. The monoisotopic (exact) mass is 313 g/mol. The SMILES string of the molecule is CCCCCN(C(=O)c1ccnc(Cl)c1[N+](=O)[O-])C(C)C. The number of halogens is 1. The minimum atomic E-state index is -0.660. The molecule has 0 fully saturated rings. The van der Waals surface area contributed by atoms with E-state index >= 15 is 0 Å². The molecule has 0 N–H and O–H groups in total. The maximum absolute atomic E-state index is 12.6. The van der Waals surface area contributed by atoms with Crippen molar-refractivity contribution in [3.05, 3.63) is 33.1 Å². The van der Waals surface area contributed by atoms with Crippen molar-refractivity contribution >= 4 is 23.2 Å². The molecule has 21 heavy (non-hydrogen) atoms.